The Kier molecular flexibility index (Phi) is 20.6. The van der Waals surface area contributed by atoms with Crippen LogP contribution in [-0.2, 0) is 19.2 Å². The van der Waals surface area contributed by atoms with Gasteiger partial charge in [0.05, 0.1) is 49.5 Å². The SMILES string of the molecule is C.CP(C)(=O)c1c(Nc2nc(Cl)ncc2Cl)ccc2ncccc12.CP(C)(=O)c1c(Nc2nc(Nc3ccc(F)c([N+](=O)[O-])c3)ncc2Cl)ccc2ncccc12.Cc1ccc(S(=O)(=O)O)cc1.Nc1ccc(F)c([N+](=O)[O-])c1. The number of nitrogens with zero attached hydrogens (tertiary/aromatic N) is 8. The highest BCUT2D eigenvalue weighted by molar-refractivity contribution is 7.85. The topological polar surface area (TPSA) is 314 Å². The third kappa shape index (κ3) is 16.6. The van der Waals surface area contributed by atoms with Crippen LogP contribution in [-0.4, -0.2) is 79.4 Å². The van der Waals surface area contributed by atoms with Crippen LogP contribution in [0, 0.1) is 38.8 Å². The third-order valence-electron chi connectivity index (χ3n) is 10.4. The minimum absolute atomic E-state index is 0. The lowest BCUT2D eigenvalue weighted by Gasteiger charge is -2.18. The third-order valence-corrected chi connectivity index (χ3v) is 15.2. The first kappa shape index (κ1) is 62.0. The largest absolute Gasteiger partial charge is 0.399 e. The number of hydrogen-bond acceptors (Lipinski definition) is 18. The molecule has 0 aliphatic carbocycles. The molecule has 0 aliphatic rings. The number of hydrogen-bond donors (Lipinski definition) is 5. The van der Waals surface area contributed by atoms with Crippen molar-refractivity contribution in [2.75, 3.05) is 48.3 Å². The van der Waals surface area contributed by atoms with Crippen molar-refractivity contribution >= 4 is 143 Å². The van der Waals surface area contributed by atoms with Crippen molar-refractivity contribution in [1.82, 2.24) is 29.9 Å². The van der Waals surface area contributed by atoms with Gasteiger partial charge in [-0.1, -0.05) is 60.5 Å². The Morgan fingerprint density at radius 2 is 1.10 bits per heavy atom. The smallest absolute Gasteiger partial charge is 0.306 e. The fourth-order valence-corrected chi connectivity index (χ4v) is 10.9. The van der Waals surface area contributed by atoms with Crippen LogP contribution in [0.15, 0.2) is 139 Å². The fraction of sp³-hybridized carbons (Fsp3) is 0.120. The lowest BCUT2D eigenvalue weighted by atomic mass is 10.2. The van der Waals surface area contributed by atoms with Gasteiger partial charge in [0.2, 0.25) is 22.9 Å². The van der Waals surface area contributed by atoms with Gasteiger partial charge in [0.1, 0.15) is 24.3 Å². The van der Waals surface area contributed by atoms with E-state index in [1.54, 1.807) is 69.4 Å². The van der Waals surface area contributed by atoms with Crippen LogP contribution in [0.4, 0.5) is 60.5 Å². The zero-order valence-electron chi connectivity index (χ0n) is 41.3. The molecule has 9 rings (SSSR count). The fourth-order valence-electron chi connectivity index (χ4n) is 7.08. The van der Waals surface area contributed by atoms with Gasteiger partial charge >= 0.3 is 11.4 Å². The molecule has 0 atom stereocenters. The van der Waals surface area contributed by atoms with E-state index in [0.717, 1.165) is 46.1 Å². The molecular formula is C50H47Cl3F2N12O9P2S. The number of nitrogens with two attached hydrogens (primary N) is 1. The van der Waals surface area contributed by atoms with Crippen molar-refractivity contribution in [3.05, 3.63) is 187 Å². The average Bonchev–Trinajstić information content (AvgIpc) is 3.43. The summed E-state index contributed by atoms with van der Waals surface area (Å²) in [5.41, 5.74) is 7.98. The Morgan fingerprint density at radius 1 is 0.633 bits per heavy atom. The summed E-state index contributed by atoms with van der Waals surface area (Å²) in [5, 5.41) is 33.6. The van der Waals surface area contributed by atoms with Gasteiger partial charge < -0.3 is 30.8 Å². The molecule has 5 aromatic carbocycles. The highest BCUT2D eigenvalue weighted by Gasteiger charge is 2.24. The summed E-state index contributed by atoms with van der Waals surface area (Å²) in [5.74, 6) is -1.16. The van der Waals surface area contributed by atoms with Gasteiger partial charge in [0.25, 0.3) is 10.1 Å². The molecule has 0 unspecified atom stereocenters. The summed E-state index contributed by atoms with van der Waals surface area (Å²) < 4.78 is 81.6. The molecule has 0 radical (unpaired) electrons. The zero-order chi connectivity index (χ0) is 57.3. The van der Waals surface area contributed by atoms with Gasteiger partial charge in [0.15, 0.2) is 11.6 Å². The van der Waals surface area contributed by atoms with E-state index >= 15 is 0 Å². The molecule has 4 heterocycles. The van der Waals surface area contributed by atoms with Crippen molar-refractivity contribution in [3.8, 4) is 0 Å². The summed E-state index contributed by atoms with van der Waals surface area (Å²) in [4.78, 5) is 44.3. The predicted octanol–water partition coefficient (Wildman–Crippen LogP) is 13.0. The Bertz CT molecular complexity index is 3960. The maximum absolute atomic E-state index is 13.6. The van der Waals surface area contributed by atoms with E-state index in [2.05, 4.69) is 45.9 Å². The van der Waals surface area contributed by atoms with Crippen LogP contribution in [0.1, 0.15) is 13.0 Å². The lowest BCUT2D eigenvalue weighted by molar-refractivity contribution is -0.387. The number of nitro groups is 2. The molecule has 6 N–H and O–H groups in total. The van der Waals surface area contributed by atoms with Gasteiger partial charge in [-0.3, -0.25) is 34.7 Å². The molecule has 0 aliphatic heterocycles. The average molecular weight is 1200 g/mol. The molecule has 9 aromatic rings. The maximum atomic E-state index is 13.6. The number of anilines is 7. The Morgan fingerprint density at radius 3 is 1.57 bits per heavy atom. The van der Waals surface area contributed by atoms with Crippen molar-refractivity contribution in [2.45, 2.75) is 19.2 Å². The van der Waals surface area contributed by atoms with Crippen LogP contribution < -0.4 is 32.3 Å². The van der Waals surface area contributed by atoms with E-state index < -0.39 is 57.3 Å². The Labute approximate surface area is 465 Å². The summed E-state index contributed by atoms with van der Waals surface area (Å²) in [6, 6.07) is 27.1. The number of pyridine rings is 2. The van der Waals surface area contributed by atoms with Crippen molar-refractivity contribution in [2.24, 2.45) is 0 Å². The molecule has 4 aromatic heterocycles. The van der Waals surface area contributed by atoms with Gasteiger partial charge in [-0.2, -0.15) is 27.2 Å². The molecule has 0 fully saturated rings. The van der Waals surface area contributed by atoms with E-state index in [4.69, 9.17) is 45.1 Å². The number of aryl methyl sites for hydroxylation is 1. The van der Waals surface area contributed by atoms with E-state index in [1.807, 2.05) is 37.3 Å². The first-order valence-electron chi connectivity index (χ1n) is 22.2. The summed E-state index contributed by atoms with van der Waals surface area (Å²) in [6.07, 6.45) is 6.13. The molecule has 79 heavy (non-hydrogen) atoms. The van der Waals surface area contributed by atoms with Crippen LogP contribution in [0.5, 0.6) is 0 Å². The van der Waals surface area contributed by atoms with E-state index in [0.29, 0.717) is 38.3 Å². The quantitative estimate of drug-likeness (QED) is 0.0201. The number of nitrogens with one attached hydrogen (secondary N) is 3. The van der Waals surface area contributed by atoms with Gasteiger partial charge in [-0.25, -0.2) is 9.97 Å². The number of nitrogen functional groups attached to an aromatic ring is 1. The van der Waals surface area contributed by atoms with Gasteiger partial charge in [-0.15, -0.1) is 0 Å². The molecule has 29 heteroatoms. The minimum Gasteiger partial charge on any atom is -0.399 e. The van der Waals surface area contributed by atoms with Crippen LogP contribution in [0.2, 0.25) is 15.3 Å². The van der Waals surface area contributed by atoms with Gasteiger partial charge in [0, 0.05) is 57.3 Å². The van der Waals surface area contributed by atoms with E-state index in [-0.39, 0.29) is 45.8 Å². The minimum atomic E-state index is -4.02. The number of benzene rings is 5. The highest BCUT2D eigenvalue weighted by Crippen LogP contribution is 2.43. The normalized spacial score (nSPS) is 11.1. The van der Waals surface area contributed by atoms with Crippen LogP contribution >= 0.6 is 49.1 Å². The highest BCUT2D eigenvalue weighted by atomic mass is 35.5. The van der Waals surface area contributed by atoms with E-state index in [1.165, 1.54) is 36.7 Å². The molecule has 0 bridgehead atoms. The number of aromatic nitrogens is 6. The first-order valence-corrected chi connectivity index (χ1v) is 29.9. The summed E-state index contributed by atoms with van der Waals surface area (Å²) in [7, 11) is -9.35. The predicted molar refractivity (Wildman–Crippen MR) is 309 cm³/mol. The standard InChI is InChI=1S/C21H17ClFN6O3P.C15H13Cl2N4OP.C7H8O3S.C6H5FN2O2.CH4/c1-33(2,32)19-13-4-3-9-24-16(13)7-8-17(19)27-20-14(22)11-25-21(28-20)26-12-5-6-15(23)18(10-12)29(30)31;1-23(2,22)13-9-4-3-7-18-11(9)5-6-12(13)20-14-10(16)8-19-15(17)21-14;1-6-2-4-7(5-3-6)11(8,9)10;7-5-2-1-4(8)3-6(5)9(10)11;/h3-11H,1-2H3,(H2,25,26,27,28);3-8H,1-2H3,(H,19,20,21);2-5H,1H3,(H,8,9,10);1-3H,8H2;1H4. The zero-order valence-corrected chi connectivity index (χ0v) is 46.1. The van der Waals surface area contributed by atoms with Crippen LogP contribution in [0.25, 0.3) is 21.8 Å². The summed E-state index contributed by atoms with van der Waals surface area (Å²) >= 11 is 18.2. The van der Waals surface area contributed by atoms with Gasteiger partial charge in [-0.05, 0) is 118 Å². The summed E-state index contributed by atoms with van der Waals surface area (Å²) in [6.45, 7) is 8.60. The number of nitro benzene ring substituents is 2. The molecule has 21 nitrogen and oxygen atoms in total. The second kappa shape index (κ2) is 26.2. The number of halogens is 5. The second-order valence-electron chi connectivity index (χ2n) is 17.0. The number of rotatable bonds is 11. The Balaban J connectivity index is 0.000000215. The number of fused-ring (bicyclic) bond motifs is 2. The lowest BCUT2D eigenvalue weighted by Crippen LogP contribution is -2.13. The molecule has 0 spiro atoms. The second-order valence-corrected chi connectivity index (χ2v) is 25.9. The molecule has 412 valence electrons. The molecular weight excluding hydrogens is 1150 g/mol. The molecule has 0 amide bonds. The first-order chi connectivity index (χ1) is 36.6. The Hall–Kier alpha value is -7.82. The van der Waals surface area contributed by atoms with Crippen molar-refractivity contribution < 1.29 is 40.7 Å². The van der Waals surface area contributed by atoms with Crippen molar-refractivity contribution in [3.63, 3.8) is 0 Å². The van der Waals surface area contributed by atoms with E-state index in [9.17, 15) is 46.6 Å². The van der Waals surface area contributed by atoms with Crippen LogP contribution in [0.3, 0.4) is 0 Å². The maximum Gasteiger partial charge on any atom is 0.306 e. The molecule has 0 saturated heterocycles. The monoisotopic (exact) mass is 1200 g/mol. The molecule has 0 saturated carbocycles. The van der Waals surface area contributed by atoms with Crippen molar-refractivity contribution in [1.29, 1.82) is 0 Å².